The molecule has 0 spiro atoms. The molecular formula is C21H19IN2O2. The van der Waals surface area contributed by atoms with Gasteiger partial charge < -0.3 is 9.47 Å². The van der Waals surface area contributed by atoms with Crippen molar-refractivity contribution >= 4 is 34.5 Å². The highest BCUT2D eigenvalue weighted by Crippen LogP contribution is 2.34. The Bertz CT molecular complexity index is 868. The van der Waals surface area contributed by atoms with Crippen LogP contribution in [0.25, 0.3) is 0 Å². The highest BCUT2D eigenvalue weighted by molar-refractivity contribution is 14.1. The van der Waals surface area contributed by atoms with Crippen molar-refractivity contribution < 1.29 is 9.47 Å². The fourth-order valence-corrected chi connectivity index (χ4v) is 3.16. The second-order valence-electron chi connectivity index (χ2n) is 5.54. The Morgan fingerprint density at radius 2 is 1.69 bits per heavy atom. The summed E-state index contributed by atoms with van der Waals surface area (Å²) in [5, 5.41) is 4.28. The van der Waals surface area contributed by atoms with Gasteiger partial charge in [-0.15, -0.1) is 0 Å². The lowest BCUT2D eigenvalue weighted by Crippen LogP contribution is -2.01. The van der Waals surface area contributed by atoms with E-state index in [0.717, 1.165) is 26.1 Å². The van der Waals surface area contributed by atoms with Crippen LogP contribution in [-0.2, 0) is 6.61 Å². The molecule has 4 nitrogen and oxygen atoms in total. The number of hydrazone groups is 1. The van der Waals surface area contributed by atoms with Gasteiger partial charge in [-0.2, -0.15) is 5.10 Å². The summed E-state index contributed by atoms with van der Waals surface area (Å²) in [6.45, 7) is 0.496. The van der Waals surface area contributed by atoms with Crippen molar-refractivity contribution in [1.82, 2.24) is 0 Å². The molecule has 0 saturated heterocycles. The zero-order chi connectivity index (χ0) is 18.2. The number of ether oxygens (including phenoxy) is 2. The van der Waals surface area contributed by atoms with Gasteiger partial charge in [0.15, 0.2) is 11.5 Å². The third-order valence-electron chi connectivity index (χ3n) is 3.66. The van der Waals surface area contributed by atoms with Crippen molar-refractivity contribution in [3.05, 3.63) is 87.5 Å². The van der Waals surface area contributed by atoms with E-state index in [4.69, 9.17) is 9.47 Å². The van der Waals surface area contributed by atoms with Crippen LogP contribution < -0.4 is 14.9 Å². The summed E-state index contributed by atoms with van der Waals surface area (Å²) in [7, 11) is 1.64. The van der Waals surface area contributed by atoms with Crippen LogP contribution in [0.15, 0.2) is 77.9 Å². The lowest BCUT2D eigenvalue weighted by molar-refractivity contribution is 0.282. The monoisotopic (exact) mass is 458 g/mol. The van der Waals surface area contributed by atoms with Gasteiger partial charge in [0.2, 0.25) is 0 Å². The molecule has 0 fully saturated rings. The molecule has 0 aliphatic carbocycles. The maximum atomic E-state index is 5.98. The van der Waals surface area contributed by atoms with Gasteiger partial charge in [-0.25, -0.2) is 0 Å². The first-order chi connectivity index (χ1) is 12.8. The van der Waals surface area contributed by atoms with Gasteiger partial charge in [-0.1, -0.05) is 48.5 Å². The molecule has 0 aromatic heterocycles. The molecule has 3 aromatic rings. The molecule has 0 aliphatic heterocycles. The fraction of sp³-hybridized carbons (Fsp3) is 0.0952. The topological polar surface area (TPSA) is 42.8 Å². The standard InChI is InChI=1S/C21H19IN2O2/c1-25-20-13-17(14-23-24-18-10-6-3-7-11-18)12-19(22)21(20)26-15-16-8-4-2-5-9-16/h2-14,24H,15H2,1H3. The molecule has 0 saturated carbocycles. The molecule has 0 aliphatic rings. The predicted molar refractivity (Wildman–Crippen MR) is 114 cm³/mol. The van der Waals surface area contributed by atoms with E-state index >= 15 is 0 Å². The molecule has 26 heavy (non-hydrogen) atoms. The number of hydrogen-bond donors (Lipinski definition) is 1. The number of methoxy groups -OCH3 is 1. The van der Waals surface area contributed by atoms with Gasteiger partial charge in [0.05, 0.1) is 22.6 Å². The fourth-order valence-electron chi connectivity index (χ4n) is 2.38. The Morgan fingerprint density at radius 1 is 1.00 bits per heavy atom. The van der Waals surface area contributed by atoms with Crippen molar-refractivity contribution in [1.29, 1.82) is 0 Å². The lowest BCUT2D eigenvalue weighted by Gasteiger charge is -2.13. The second kappa shape index (κ2) is 9.24. The van der Waals surface area contributed by atoms with Crippen molar-refractivity contribution in [3.8, 4) is 11.5 Å². The average Bonchev–Trinajstić information content (AvgIpc) is 2.68. The minimum absolute atomic E-state index is 0.496. The summed E-state index contributed by atoms with van der Waals surface area (Å²) in [4.78, 5) is 0. The van der Waals surface area contributed by atoms with Gasteiger partial charge in [-0.05, 0) is 58.0 Å². The average molecular weight is 458 g/mol. The Labute approximate surface area is 167 Å². The molecule has 0 radical (unpaired) electrons. The Kier molecular flexibility index (Phi) is 6.49. The van der Waals surface area contributed by atoms with E-state index in [1.165, 1.54) is 0 Å². The van der Waals surface area contributed by atoms with Gasteiger partial charge in [0, 0.05) is 0 Å². The maximum Gasteiger partial charge on any atom is 0.174 e. The number of para-hydroxylation sites is 1. The molecule has 3 rings (SSSR count). The number of anilines is 1. The van der Waals surface area contributed by atoms with E-state index in [2.05, 4.69) is 33.1 Å². The number of rotatable bonds is 7. The lowest BCUT2D eigenvalue weighted by atomic mass is 10.2. The molecular weight excluding hydrogens is 439 g/mol. The van der Waals surface area contributed by atoms with Gasteiger partial charge in [0.1, 0.15) is 6.61 Å². The molecule has 0 atom stereocenters. The van der Waals surface area contributed by atoms with E-state index in [1.54, 1.807) is 13.3 Å². The van der Waals surface area contributed by atoms with E-state index in [-0.39, 0.29) is 0 Å². The SMILES string of the molecule is COc1cc(C=NNc2ccccc2)cc(I)c1OCc1ccccc1. The third kappa shape index (κ3) is 4.98. The van der Waals surface area contributed by atoms with Gasteiger partial charge in [0.25, 0.3) is 0 Å². The predicted octanol–water partition coefficient (Wildman–Crippen LogP) is 5.32. The van der Waals surface area contributed by atoms with Crippen LogP contribution >= 0.6 is 22.6 Å². The Hall–Kier alpha value is -2.54. The molecule has 132 valence electrons. The summed E-state index contributed by atoms with van der Waals surface area (Å²) in [6, 6.07) is 23.8. The zero-order valence-corrected chi connectivity index (χ0v) is 16.5. The summed E-state index contributed by atoms with van der Waals surface area (Å²) < 4.78 is 12.5. The van der Waals surface area contributed by atoms with Gasteiger partial charge in [-0.3, -0.25) is 5.43 Å². The number of nitrogens with zero attached hydrogens (tertiary/aromatic N) is 1. The Balaban J connectivity index is 1.72. The molecule has 0 bridgehead atoms. The van der Waals surface area contributed by atoms with E-state index < -0.39 is 0 Å². The first-order valence-corrected chi connectivity index (χ1v) is 9.22. The molecule has 0 unspecified atom stereocenters. The third-order valence-corrected chi connectivity index (χ3v) is 4.46. The van der Waals surface area contributed by atoms with Crippen molar-refractivity contribution in [2.24, 2.45) is 5.10 Å². The van der Waals surface area contributed by atoms with Crippen molar-refractivity contribution in [2.75, 3.05) is 12.5 Å². The van der Waals surface area contributed by atoms with E-state index in [0.29, 0.717) is 12.4 Å². The van der Waals surface area contributed by atoms with Crippen LogP contribution in [-0.4, -0.2) is 13.3 Å². The number of hydrogen-bond acceptors (Lipinski definition) is 4. The number of halogens is 1. The van der Waals surface area contributed by atoms with Crippen molar-refractivity contribution in [2.45, 2.75) is 6.61 Å². The number of nitrogens with one attached hydrogen (secondary N) is 1. The smallest absolute Gasteiger partial charge is 0.174 e. The maximum absolute atomic E-state index is 5.98. The van der Waals surface area contributed by atoms with E-state index in [9.17, 15) is 0 Å². The normalized spacial score (nSPS) is 10.7. The van der Waals surface area contributed by atoms with Crippen LogP contribution in [0.1, 0.15) is 11.1 Å². The summed E-state index contributed by atoms with van der Waals surface area (Å²) in [5.74, 6) is 1.43. The van der Waals surface area contributed by atoms with Crippen LogP contribution in [0.2, 0.25) is 0 Å². The first-order valence-electron chi connectivity index (χ1n) is 8.14. The zero-order valence-electron chi connectivity index (χ0n) is 14.4. The largest absolute Gasteiger partial charge is 0.493 e. The summed E-state index contributed by atoms with van der Waals surface area (Å²) >= 11 is 2.25. The molecule has 0 amide bonds. The number of benzene rings is 3. The minimum atomic E-state index is 0.496. The van der Waals surface area contributed by atoms with Gasteiger partial charge >= 0.3 is 0 Å². The van der Waals surface area contributed by atoms with Crippen LogP contribution in [0, 0.1) is 3.57 Å². The molecule has 0 heterocycles. The highest BCUT2D eigenvalue weighted by atomic mass is 127. The van der Waals surface area contributed by atoms with Crippen molar-refractivity contribution in [3.63, 3.8) is 0 Å². The molecule has 3 aromatic carbocycles. The second-order valence-corrected chi connectivity index (χ2v) is 6.71. The summed E-state index contributed by atoms with van der Waals surface area (Å²) in [6.07, 6.45) is 1.76. The quantitative estimate of drug-likeness (QED) is 0.296. The van der Waals surface area contributed by atoms with Crippen LogP contribution in [0.3, 0.4) is 0 Å². The molecule has 1 N–H and O–H groups in total. The van der Waals surface area contributed by atoms with Crippen LogP contribution in [0.5, 0.6) is 11.5 Å². The van der Waals surface area contributed by atoms with Crippen LogP contribution in [0.4, 0.5) is 5.69 Å². The molecule has 5 heteroatoms. The summed E-state index contributed by atoms with van der Waals surface area (Å²) in [5.41, 5.74) is 5.99. The first kappa shape index (κ1) is 18.3. The Morgan fingerprint density at radius 3 is 2.38 bits per heavy atom. The van der Waals surface area contributed by atoms with E-state index in [1.807, 2.05) is 72.8 Å². The minimum Gasteiger partial charge on any atom is -0.493 e. The highest BCUT2D eigenvalue weighted by Gasteiger charge is 2.11.